The molecule has 4 rings (SSSR count). The van der Waals surface area contributed by atoms with Gasteiger partial charge < -0.3 is 10.6 Å². The van der Waals surface area contributed by atoms with Gasteiger partial charge in [-0.15, -0.1) is 0 Å². The largest absolute Gasteiger partial charge is 0.324 e. The van der Waals surface area contributed by atoms with E-state index >= 15 is 0 Å². The van der Waals surface area contributed by atoms with Crippen molar-refractivity contribution in [3.05, 3.63) is 95.9 Å². The molecule has 174 valence electrons. The zero-order chi connectivity index (χ0) is 24.9. The first-order chi connectivity index (χ1) is 16.8. The fourth-order valence-corrected chi connectivity index (χ4v) is 3.36. The fraction of sp³-hybridized carbons (Fsp3) is 0.0400. The Morgan fingerprint density at radius 3 is 2.31 bits per heavy atom. The molecule has 4 aromatic rings. The maximum Gasteiger partial charge on any atom is 0.259 e. The molecule has 2 N–H and O–H groups in total. The number of benzene rings is 3. The van der Waals surface area contributed by atoms with Gasteiger partial charge in [0.1, 0.15) is 11.5 Å². The summed E-state index contributed by atoms with van der Waals surface area (Å²) in [5.74, 6) is -1.54. The Bertz CT molecular complexity index is 1430. The second kappa shape index (κ2) is 10.4. The van der Waals surface area contributed by atoms with Crippen LogP contribution in [0.5, 0.6) is 0 Å². The lowest BCUT2D eigenvalue weighted by Crippen LogP contribution is -2.18. The molecule has 0 unspecified atom stereocenters. The molecule has 0 fully saturated rings. The van der Waals surface area contributed by atoms with Gasteiger partial charge >= 0.3 is 0 Å². The maximum absolute atomic E-state index is 13.6. The molecule has 10 heteroatoms. The van der Waals surface area contributed by atoms with E-state index in [9.17, 15) is 14.0 Å². The smallest absolute Gasteiger partial charge is 0.259 e. The van der Waals surface area contributed by atoms with Crippen molar-refractivity contribution >= 4 is 46.4 Å². The summed E-state index contributed by atoms with van der Waals surface area (Å²) in [7, 11) is 0. The number of carbonyl (C=O) groups is 2. The summed E-state index contributed by atoms with van der Waals surface area (Å²) >= 11 is 11.1. The first-order valence-corrected chi connectivity index (χ1v) is 11.1. The predicted molar refractivity (Wildman–Crippen MR) is 132 cm³/mol. The average molecular weight is 508 g/mol. The Morgan fingerprint density at radius 2 is 1.69 bits per heavy atom. The van der Waals surface area contributed by atoms with Gasteiger partial charge in [-0.3, -0.25) is 9.59 Å². The topological polar surface area (TPSA) is 99.8 Å². The molecule has 0 aliphatic heterocycles. The predicted octanol–water partition coefficient (Wildman–Crippen LogP) is 5.54. The lowest BCUT2D eigenvalue weighted by atomic mass is 10.1. The molecule has 2 amide bonds. The number of alkyl halides is 2. The lowest BCUT2D eigenvalue weighted by Gasteiger charge is -2.08. The van der Waals surface area contributed by atoms with Crippen LogP contribution < -0.4 is 10.6 Å². The third-order valence-electron chi connectivity index (χ3n) is 4.93. The number of hydrogen-bond donors (Lipinski definition) is 2. The highest BCUT2D eigenvalue weighted by molar-refractivity contribution is 6.54. The van der Waals surface area contributed by atoms with Crippen molar-refractivity contribution in [2.45, 2.75) is 4.84 Å². The van der Waals surface area contributed by atoms with E-state index in [4.69, 9.17) is 28.5 Å². The number of carbonyl (C=O) groups excluding carboxylic acids is 2. The maximum atomic E-state index is 13.6. The summed E-state index contributed by atoms with van der Waals surface area (Å²) in [6.45, 7) is 0. The third-order valence-corrected chi connectivity index (χ3v) is 5.32. The molecule has 1 aromatic heterocycles. The molecule has 0 atom stereocenters. The van der Waals surface area contributed by atoms with Gasteiger partial charge in [-0.05, 0) is 54.6 Å². The van der Waals surface area contributed by atoms with Crippen molar-refractivity contribution in [3.8, 4) is 23.0 Å². The highest BCUT2D eigenvalue weighted by Gasteiger charge is 2.20. The van der Waals surface area contributed by atoms with Crippen LogP contribution in [-0.4, -0.2) is 26.4 Å². The first-order valence-electron chi connectivity index (χ1n) is 10.2. The van der Waals surface area contributed by atoms with Crippen molar-refractivity contribution in [1.82, 2.24) is 9.78 Å². The molecule has 0 radical (unpaired) electrons. The van der Waals surface area contributed by atoms with Crippen molar-refractivity contribution in [1.29, 1.82) is 5.26 Å². The molecule has 0 bridgehead atoms. The van der Waals surface area contributed by atoms with Gasteiger partial charge in [-0.1, -0.05) is 41.4 Å². The van der Waals surface area contributed by atoms with E-state index in [1.165, 1.54) is 22.9 Å². The number of aromatic nitrogens is 2. The van der Waals surface area contributed by atoms with Gasteiger partial charge in [0.15, 0.2) is 4.84 Å². The monoisotopic (exact) mass is 507 g/mol. The summed E-state index contributed by atoms with van der Waals surface area (Å²) in [6, 6.07) is 20.9. The molecule has 3 aromatic carbocycles. The number of rotatable bonds is 6. The van der Waals surface area contributed by atoms with Crippen LogP contribution in [0, 0.1) is 17.1 Å². The van der Waals surface area contributed by atoms with Gasteiger partial charge in [0.25, 0.3) is 11.8 Å². The summed E-state index contributed by atoms with van der Waals surface area (Å²) < 4.78 is 15.1. The van der Waals surface area contributed by atoms with Crippen LogP contribution in [-0.2, 0) is 4.79 Å². The summed E-state index contributed by atoms with van der Waals surface area (Å²) in [5, 5.41) is 18.9. The van der Waals surface area contributed by atoms with E-state index in [1.54, 1.807) is 60.8 Å². The standard InChI is InChI=1S/C25H16Cl2FN5O2/c26-23(27)25(35)30-18-8-6-16(7-9-18)22-21(24(34)31-19-3-1-2-17(28)12-19)14-33(32-22)20-10-4-15(13-29)5-11-20/h1-12,14,23H,(H,30,35)(H,31,34). The van der Waals surface area contributed by atoms with E-state index in [0.29, 0.717) is 33.9 Å². The minimum absolute atomic E-state index is 0.233. The van der Waals surface area contributed by atoms with Crippen LogP contribution in [0.1, 0.15) is 15.9 Å². The van der Waals surface area contributed by atoms with Crippen molar-refractivity contribution in [2.24, 2.45) is 0 Å². The van der Waals surface area contributed by atoms with E-state index in [0.717, 1.165) is 0 Å². The number of amides is 2. The van der Waals surface area contributed by atoms with Crippen LogP contribution in [0.25, 0.3) is 16.9 Å². The summed E-state index contributed by atoms with van der Waals surface area (Å²) in [4.78, 5) is 23.6. The minimum atomic E-state index is -1.21. The number of hydrogen-bond acceptors (Lipinski definition) is 4. The van der Waals surface area contributed by atoms with E-state index in [1.807, 2.05) is 0 Å². The third kappa shape index (κ3) is 5.66. The van der Waals surface area contributed by atoms with E-state index in [2.05, 4.69) is 21.8 Å². The second-order valence-electron chi connectivity index (χ2n) is 7.33. The molecule has 0 spiro atoms. The van der Waals surface area contributed by atoms with Gasteiger partial charge in [0.05, 0.1) is 22.9 Å². The summed E-state index contributed by atoms with van der Waals surface area (Å²) in [5.41, 5.74) is 3.05. The Morgan fingerprint density at radius 1 is 0.971 bits per heavy atom. The Hall–Kier alpha value is -4.19. The molecular formula is C25H16Cl2FN5O2. The Labute approximate surface area is 209 Å². The molecule has 1 heterocycles. The molecule has 7 nitrogen and oxygen atoms in total. The zero-order valence-corrected chi connectivity index (χ0v) is 19.4. The molecular weight excluding hydrogens is 492 g/mol. The van der Waals surface area contributed by atoms with Gasteiger partial charge in [0.2, 0.25) is 0 Å². The minimum Gasteiger partial charge on any atom is -0.324 e. The van der Waals surface area contributed by atoms with Crippen LogP contribution in [0.2, 0.25) is 0 Å². The number of nitriles is 1. The first kappa shape index (κ1) is 24.0. The number of anilines is 2. The fourth-order valence-electron chi connectivity index (χ4n) is 3.25. The highest BCUT2D eigenvalue weighted by atomic mass is 35.5. The van der Waals surface area contributed by atoms with Crippen molar-refractivity contribution in [3.63, 3.8) is 0 Å². The zero-order valence-electron chi connectivity index (χ0n) is 17.9. The summed E-state index contributed by atoms with van der Waals surface area (Å²) in [6.07, 6.45) is 1.55. The number of nitrogens with zero attached hydrogens (tertiary/aromatic N) is 3. The van der Waals surface area contributed by atoms with Crippen molar-refractivity contribution in [2.75, 3.05) is 10.6 Å². The normalized spacial score (nSPS) is 10.6. The van der Waals surface area contributed by atoms with Gasteiger partial charge in [-0.25, -0.2) is 9.07 Å². The van der Waals surface area contributed by atoms with Crippen LogP contribution in [0.15, 0.2) is 79.0 Å². The van der Waals surface area contributed by atoms with Crippen LogP contribution in [0.4, 0.5) is 15.8 Å². The Balaban J connectivity index is 1.71. The number of halogens is 3. The van der Waals surface area contributed by atoms with Crippen molar-refractivity contribution < 1.29 is 14.0 Å². The van der Waals surface area contributed by atoms with Crippen LogP contribution in [0.3, 0.4) is 0 Å². The van der Waals surface area contributed by atoms with E-state index < -0.39 is 22.5 Å². The molecule has 35 heavy (non-hydrogen) atoms. The van der Waals surface area contributed by atoms with Crippen LogP contribution >= 0.6 is 23.2 Å². The lowest BCUT2D eigenvalue weighted by molar-refractivity contribution is -0.114. The quantitative estimate of drug-likeness (QED) is 0.334. The second-order valence-corrected chi connectivity index (χ2v) is 8.42. The Kier molecular flexibility index (Phi) is 7.11. The van der Waals surface area contributed by atoms with Gasteiger partial charge in [-0.2, -0.15) is 10.4 Å². The molecule has 0 saturated heterocycles. The highest BCUT2D eigenvalue weighted by Crippen LogP contribution is 2.27. The average Bonchev–Trinajstić information content (AvgIpc) is 3.30. The van der Waals surface area contributed by atoms with Gasteiger partial charge in [0, 0.05) is 23.1 Å². The SMILES string of the molecule is N#Cc1ccc(-n2cc(C(=O)Nc3cccc(F)c3)c(-c3ccc(NC(=O)C(Cl)Cl)cc3)n2)cc1. The molecule has 0 saturated carbocycles. The molecule has 0 aliphatic rings. The number of nitrogens with one attached hydrogen (secondary N) is 2. The molecule has 0 aliphatic carbocycles. The van der Waals surface area contributed by atoms with E-state index in [-0.39, 0.29) is 5.56 Å².